The zero-order chi connectivity index (χ0) is 26.2. The lowest BCUT2D eigenvalue weighted by Gasteiger charge is -2.15. The molecule has 4 aromatic rings. The number of carboxylic acids is 1. The SMILES string of the molecule is Cc1nsc(-c2ccc(-c3ccc(C4(C(=O)O)CC4)cc3)c(Cl)c2)c1NC(=O)OC(C)c1ccccc1. The number of hydrogen-bond donors (Lipinski definition) is 2. The Morgan fingerprint density at radius 2 is 1.73 bits per heavy atom. The van der Waals surface area contributed by atoms with Crippen LogP contribution in [0.5, 0.6) is 0 Å². The van der Waals surface area contributed by atoms with Crippen molar-refractivity contribution in [3.05, 3.63) is 94.6 Å². The van der Waals surface area contributed by atoms with Crippen molar-refractivity contribution < 1.29 is 19.4 Å². The lowest BCUT2D eigenvalue weighted by atomic mass is 9.93. The zero-order valence-electron chi connectivity index (χ0n) is 20.3. The molecule has 0 radical (unpaired) electrons. The molecule has 37 heavy (non-hydrogen) atoms. The molecule has 8 heteroatoms. The molecule has 188 valence electrons. The molecule has 1 unspecified atom stereocenters. The third-order valence-corrected chi connectivity index (χ3v) is 8.08. The number of nitrogens with zero attached hydrogens (tertiary/aromatic N) is 1. The van der Waals surface area contributed by atoms with Crippen molar-refractivity contribution in [2.45, 2.75) is 38.2 Å². The normalized spacial score (nSPS) is 14.6. The van der Waals surface area contributed by atoms with Gasteiger partial charge in [-0.25, -0.2) is 4.79 Å². The molecule has 1 atom stereocenters. The van der Waals surface area contributed by atoms with Crippen LogP contribution in [0.2, 0.25) is 5.02 Å². The van der Waals surface area contributed by atoms with Gasteiger partial charge in [-0.2, -0.15) is 4.37 Å². The molecule has 0 bridgehead atoms. The average Bonchev–Trinajstić information content (AvgIpc) is 3.64. The van der Waals surface area contributed by atoms with Crippen molar-refractivity contribution in [2.24, 2.45) is 0 Å². The van der Waals surface area contributed by atoms with Gasteiger partial charge in [-0.15, -0.1) is 0 Å². The van der Waals surface area contributed by atoms with Crippen LogP contribution in [0.25, 0.3) is 21.6 Å². The molecule has 1 saturated carbocycles. The number of nitrogens with one attached hydrogen (secondary N) is 1. The summed E-state index contributed by atoms with van der Waals surface area (Å²) in [6.07, 6.45) is 0.376. The molecule has 0 aliphatic heterocycles. The van der Waals surface area contributed by atoms with Gasteiger partial charge in [0, 0.05) is 10.6 Å². The number of anilines is 1. The number of carbonyl (C=O) groups excluding carboxylic acids is 1. The number of carbonyl (C=O) groups is 2. The van der Waals surface area contributed by atoms with Gasteiger partial charge in [0.15, 0.2) is 0 Å². The minimum absolute atomic E-state index is 0.401. The molecule has 3 aromatic carbocycles. The summed E-state index contributed by atoms with van der Waals surface area (Å²) in [5.41, 5.74) is 4.83. The first-order valence-electron chi connectivity index (χ1n) is 11.9. The third kappa shape index (κ3) is 4.97. The first-order valence-corrected chi connectivity index (χ1v) is 13.1. The smallest absolute Gasteiger partial charge is 0.412 e. The number of aryl methyl sites for hydroxylation is 1. The maximum atomic E-state index is 12.7. The van der Waals surface area contributed by atoms with Gasteiger partial charge in [-0.05, 0) is 66.5 Å². The van der Waals surface area contributed by atoms with Crippen LogP contribution in [0.15, 0.2) is 72.8 Å². The molecule has 1 amide bonds. The van der Waals surface area contributed by atoms with E-state index < -0.39 is 23.6 Å². The van der Waals surface area contributed by atoms with Gasteiger partial charge in [0.05, 0.1) is 21.7 Å². The number of aromatic nitrogens is 1. The molecule has 1 fully saturated rings. The van der Waals surface area contributed by atoms with E-state index in [1.807, 2.05) is 86.6 Å². The summed E-state index contributed by atoms with van der Waals surface area (Å²) in [5.74, 6) is -0.773. The van der Waals surface area contributed by atoms with E-state index in [4.69, 9.17) is 16.3 Å². The Morgan fingerprint density at radius 1 is 1.05 bits per heavy atom. The quantitative estimate of drug-likeness (QED) is 0.253. The van der Waals surface area contributed by atoms with Crippen LogP contribution in [0, 0.1) is 6.92 Å². The summed E-state index contributed by atoms with van der Waals surface area (Å²) >= 11 is 7.96. The van der Waals surface area contributed by atoms with Crippen LogP contribution >= 0.6 is 23.1 Å². The second kappa shape index (κ2) is 10.00. The second-order valence-corrected chi connectivity index (χ2v) is 10.4. The number of ether oxygens (including phenoxy) is 1. The molecule has 1 aliphatic rings. The lowest BCUT2D eigenvalue weighted by molar-refractivity contribution is -0.140. The summed E-state index contributed by atoms with van der Waals surface area (Å²) in [6, 6.07) is 22.8. The summed E-state index contributed by atoms with van der Waals surface area (Å²) in [6.45, 7) is 3.66. The highest BCUT2D eigenvalue weighted by molar-refractivity contribution is 7.10. The average molecular weight is 533 g/mol. The third-order valence-electron chi connectivity index (χ3n) is 6.78. The molecular formula is C29H25ClN2O4S. The molecule has 2 N–H and O–H groups in total. The predicted molar refractivity (Wildman–Crippen MR) is 146 cm³/mol. The summed E-state index contributed by atoms with van der Waals surface area (Å²) in [4.78, 5) is 25.1. The topological polar surface area (TPSA) is 88.5 Å². The van der Waals surface area contributed by atoms with Crippen LogP contribution in [-0.2, 0) is 14.9 Å². The van der Waals surface area contributed by atoms with E-state index in [2.05, 4.69) is 9.69 Å². The Bertz CT molecular complexity index is 1460. The lowest BCUT2D eigenvalue weighted by Crippen LogP contribution is -2.19. The van der Waals surface area contributed by atoms with Gasteiger partial charge in [0.25, 0.3) is 0 Å². The molecule has 1 aliphatic carbocycles. The number of amides is 1. The minimum atomic E-state index is -0.773. The van der Waals surface area contributed by atoms with E-state index >= 15 is 0 Å². The van der Waals surface area contributed by atoms with E-state index in [0.29, 0.717) is 29.2 Å². The highest BCUT2D eigenvalue weighted by Gasteiger charge is 2.51. The van der Waals surface area contributed by atoms with E-state index in [1.165, 1.54) is 11.5 Å². The van der Waals surface area contributed by atoms with Crippen molar-refractivity contribution in [1.29, 1.82) is 0 Å². The summed E-state index contributed by atoms with van der Waals surface area (Å²) < 4.78 is 10.00. The molecule has 0 saturated heterocycles. The van der Waals surface area contributed by atoms with Gasteiger partial charge >= 0.3 is 12.1 Å². The molecule has 6 nitrogen and oxygen atoms in total. The maximum Gasteiger partial charge on any atom is 0.412 e. The predicted octanol–water partition coefficient (Wildman–Crippen LogP) is 7.86. The summed E-state index contributed by atoms with van der Waals surface area (Å²) in [5, 5.41) is 12.9. The maximum absolute atomic E-state index is 12.7. The molecule has 1 aromatic heterocycles. The van der Waals surface area contributed by atoms with Crippen LogP contribution in [-0.4, -0.2) is 21.5 Å². The Morgan fingerprint density at radius 3 is 2.35 bits per heavy atom. The first kappa shape index (κ1) is 25.0. The second-order valence-electron chi connectivity index (χ2n) is 9.21. The molecular weight excluding hydrogens is 508 g/mol. The van der Waals surface area contributed by atoms with Gasteiger partial charge in [0.2, 0.25) is 0 Å². The fourth-order valence-electron chi connectivity index (χ4n) is 4.41. The molecule has 1 heterocycles. The van der Waals surface area contributed by atoms with Gasteiger partial charge in [0.1, 0.15) is 6.10 Å². The molecule has 0 spiro atoms. The zero-order valence-corrected chi connectivity index (χ0v) is 21.9. The minimum Gasteiger partial charge on any atom is -0.481 e. The van der Waals surface area contributed by atoms with Crippen LogP contribution < -0.4 is 5.32 Å². The van der Waals surface area contributed by atoms with E-state index in [1.54, 1.807) is 0 Å². The Hall–Kier alpha value is -3.68. The number of benzene rings is 3. The standard InChI is InChI=1S/C29H25ClN2O4S/c1-17-25(31-28(35)36-18(2)19-6-4-3-5-7-19)26(37-32-17)21-10-13-23(24(30)16-21)20-8-11-22(12-9-20)29(14-15-29)27(33)34/h3-13,16,18H,14-15H2,1-2H3,(H,31,35)(H,33,34). The van der Waals surface area contributed by atoms with Crippen LogP contribution in [0.3, 0.4) is 0 Å². The number of carboxylic acid groups (broad SMARTS) is 1. The van der Waals surface area contributed by atoms with Gasteiger partial charge in [-0.3, -0.25) is 10.1 Å². The largest absolute Gasteiger partial charge is 0.481 e. The highest BCUT2D eigenvalue weighted by atomic mass is 35.5. The van der Waals surface area contributed by atoms with Crippen molar-refractivity contribution in [3.63, 3.8) is 0 Å². The van der Waals surface area contributed by atoms with Gasteiger partial charge in [-0.1, -0.05) is 78.3 Å². The Balaban J connectivity index is 1.34. The Kier molecular flexibility index (Phi) is 6.75. The number of halogens is 1. The van der Waals surface area contributed by atoms with Crippen LogP contribution in [0.1, 0.15) is 42.7 Å². The van der Waals surface area contributed by atoms with Crippen molar-refractivity contribution >= 4 is 40.9 Å². The number of aliphatic carboxylic acids is 1. The fraction of sp³-hybridized carbons (Fsp3) is 0.207. The first-order chi connectivity index (χ1) is 17.8. The van der Waals surface area contributed by atoms with Crippen molar-refractivity contribution in [2.75, 3.05) is 5.32 Å². The van der Waals surface area contributed by atoms with Crippen molar-refractivity contribution in [3.8, 4) is 21.6 Å². The molecule has 5 rings (SSSR count). The highest BCUT2D eigenvalue weighted by Crippen LogP contribution is 2.49. The number of hydrogen-bond acceptors (Lipinski definition) is 5. The monoisotopic (exact) mass is 532 g/mol. The van der Waals surface area contributed by atoms with Gasteiger partial charge < -0.3 is 9.84 Å². The number of rotatable bonds is 7. The Labute approximate surface area is 224 Å². The fourth-order valence-corrected chi connectivity index (χ4v) is 5.54. The van der Waals surface area contributed by atoms with Crippen molar-refractivity contribution in [1.82, 2.24) is 4.37 Å². The van der Waals surface area contributed by atoms with Crippen LogP contribution in [0.4, 0.5) is 10.5 Å². The summed E-state index contributed by atoms with van der Waals surface area (Å²) in [7, 11) is 0. The van der Waals surface area contributed by atoms with E-state index in [0.717, 1.165) is 32.7 Å². The van der Waals surface area contributed by atoms with E-state index in [9.17, 15) is 14.7 Å². The van der Waals surface area contributed by atoms with E-state index in [-0.39, 0.29) is 0 Å².